The van der Waals surface area contributed by atoms with Crippen LogP contribution in [-0.4, -0.2) is 44.8 Å². The molecule has 1 aromatic carbocycles. The van der Waals surface area contributed by atoms with Crippen LogP contribution in [0.2, 0.25) is 0 Å². The Balaban J connectivity index is 2.03. The summed E-state index contributed by atoms with van der Waals surface area (Å²) in [5.41, 5.74) is 3.25. The summed E-state index contributed by atoms with van der Waals surface area (Å²) in [7, 11) is 0. The van der Waals surface area contributed by atoms with E-state index in [-0.39, 0.29) is 36.4 Å². The summed E-state index contributed by atoms with van der Waals surface area (Å²) in [4.78, 5) is 36.2. The van der Waals surface area contributed by atoms with Gasteiger partial charge in [-0.2, -0.15) is 0 Å². The van der Waals surface area contributed by atoms with Gasteiger partial charge in [-0.3, -0.25) is 19.3 Å². The number of hydrogen-bond donors (Lipinski definition) is 2. The molecular weight excluding hydrogens is 330 g/mol. The van der Waals surface area contributed by atoms with E-state index in [9.17, 15) is 14.4 Å². The average Bonchev–Trinajstić information content (AvgIpc) is 2.82. The molecule has 2 N–H and O–H groups in total. The maximum absolute atomic E-state index is 12.2. The van der Waals surface area contributed by atoms with Crippen molar-refractivity contribution in [2.24, 2.45) is 5.10 Å². The smallest absolute Gasteiger partial charge is 0.305 e. The van der Waals surface area contributed by atoms with Crippen LogP contribution in [0.1, 0.15) is 12.0 Å². The van der Waals surface area contributed by atoms with Crippen LogP contribution >= 0.6 is 11.8 Å². The van der Waals surface area contributed by atoms with Crippen LogP contribution in [0.3, 0.4) is 0 Å². The molecule has 0 bridgehead atoms. The maximum Gasteiger partial charge on any atom is 0.305 e. The Morgan fingerprint density at radius 2 is 2.08 bits per heavy atom. The highest BCUT2D eigenvalue weighted by Crippen LogP contribution is 2.29. The zero-order valence-electron chi connectivity index (χ0n) is 12.8. The average molecular weight is 347 g/mol. The van der Waals surface area contributed by atoms with Crippen LogP contribution in [-0.2, 0) is 20.8 Å². The summed E-state index contributed by atoms with van der Waals surface area (Å²) in [6, 6.07) is 9.18. The van der Waals surface area contributed by atoms with E-state index in [4.69, 9.17) is 5.11 Å². The number of rotatable bonds is 7. The van der Waals surface area contributed by atoms with Gasteiger partial charge in [-0.15, -0.1) is 11.7 Å². The highest BCUT2D eigenvalue weighted by molar-refractivity contribution is 8.15. The summed E-state index contributed by atoms with van der Waals surface area (Å²) < 4.78 is 0. The topological polar surface area (TPSA) is 99.1 Å². The molecule has 1 atom stereocenters. The van der Waals surface area contributed by atoms with Crippen LogP contribution in [0.4, 0.5) is 0 Å². The summed E-state index contributed by atoms with van der Waals surface area (Å²) >= 11 is 1.03. The lowest BCUT2D eigenvalue weighted by Crippen LogP contribution is -2.34. The molecule has 1 heterocycles. The minimum absolute atomic E-state index is 0.163. The van der Waals surface area contributed by atoms with Gasteiger partial charge < -0.3 is 5.11 Å². The molecule has 0 spiro atoms. The Bertz CT molecular complexity index is 675. The lowest BCUT2D eigenvalue weighted by Gasteiger charge is -2.13. The molecule has 24 heavy (non-hydrogen) atoms. The number of carboxylic acids is 1. The van der Waals surface area contributed by atoms with Gasteiger partial charge in [0.05, 0.1) is 12.8 Å². The SMILES string of the molecule is C=CCN1C(=O)C(CC(=O)O)SC1=NNC(=O)Cc1ccccc1. The molecule has 126 valence electrons. The number of nitrogens with zero attached hydrogens (tertiary/aromatic N) is 2. The van der Waals surface area contributed by atoms with E-state index in [1.165, 1.54) is 11.0 Å². The Kier molecular flexibility index (Phi) is 6.14. The van der Waals surface area contributed by atoms with Gasteiger partial charge in [-0.1, -0.05) is 48.2 Å². The fourth-order valence-electron chi connectivity index (χ4n) is 2.11. The van der Waals surface area contributed by atoms with Crippen molar-refractivity contribution in [3.05, 3.63) is 48.6 Å². The van der Waals surface area contributed by atoms with Gasteiger partial charge in [-0.25, -0.2) is 5.43 Å². The molecule has 7 nitrogen and oxygen atoms in total. The molecule has 2 rings (SSSR count). The Labute approximate surface area is 143 Å². The second-order valence-electron chi connectivity index (χ2n) is 5.03. The van der Waals surface area contributed by atoms with Crippen LogP contribution < -0.4 is 5.43 Å². The summed E-state index contributed by atoms with van der Waals surface area (Å²) in [6.45, 7) is 3.77. The number of amides is 2. The highest BCUT2D eigenvalue weighted by Gasteiger charge is 2.38. The van der Waals surface area contributed by atoms with Gasteiger partial charge in [0.1, 0.15) is 5.25 Å². The zero-order chi connectivity index (χ0) is 17.5. The van der Waals surface area contributed by atoms with Crippen molar-refractivity contribution in [3.8, 4) is 0 Å². The molecule has 1 unspecified atom stereocenters. The number of hydrazone groups is 1. The third-order valence-corrected chi connectivity index (χ3v) is 4.35. The number of carboxylic acid groups (broad SMARTS) is 1. The molecule has 1 saturated heterocycles. The fourth-order valence-corrected chi connectivity index (χ4v) is 3.21. The molecule has 0 aromatic heterocycles. The van der Waals surface area contributed by atoms with Crippen molar-refractivity contribution >= 4 is 34.7 Å². The molecule has 8 heteroatoms. The molecule has 0 radical (unpaired) electrons. The number of carbonyl (C=O) groups excluding carboxylic acids is 2. The molecule has 0 aliphatic carbocycles. The third-order valence-electron chi connectivity index (χ3n) is 3.18. The quantitative estimate of drug-likeness (QED) is 0.571. The number of nitrogens with one attached hydrogen (secondary N) is 1. The minimum atomic E-state index is -1.06. The normalized spacial score (nSPS) is 18.7. The first-order valence-corrected chi connectivity index (χ1v) is 8.10. The molecule has 1 aliphatic rings. The van der Waals surface area contributed by atoms with Crippen LogP contribution in [0.15, 0.2) is 48.1 Å². The van der Waals surface area contributed by atoms with E-state index in [2.05, 4.69) is 17.1 Å². The molecular formula is C16H17N3O4S. The first-order chi connectivity index (χ1) is 11.5. The lowest BCUT2D eigenvalue weighted by atomic mass is 10.1. The van der Waals surface area contributed by atoms with E-state index in [1.54, 1.807) is 0 Å². The number of aliphatic carboxylic acids is 1. The van der Waals surface area contributed by atoms with Gasteiger partial charge in [0, 0.05) is 6.54 Å². The van der Waals surface area contributed by atoms with Gasteiger partial charge >= 0.3 is 5.97 Å². The maximum atomic E-state index is 12.2. The zero-order valence-corrected chi connectivity index (χ0v) is 13.7. The van der Waals surface area contributed by atoms with Crippen molar-refractivity contribution < 1.29 is 19.5 Å². The number of amidine groups is 1. The van der Waals surface area contributed by atoms with Crippen molar-refractivity contribution in [2.75, 3.05) is 6.54 Å². The van der Waals surface area contributed by atoms with Crippen molar-refractivity contribution in [1.82, 2.24) is 10.3 Å². The lowest BCUT2D eigenvalue weighted by molar-refractivity contribution is -0.139. The highest BCUT2D eigenvalue weighted by atomic mass is 32.2. The van der Waals surface area contributed by atoms with Gasteiger partial charge in [-0.05, 0) is 5.56 Å². The first kappa shape index (κ1) is 17.7. The van der Waals surface area contributed by atoms with E-state index in [0.717, 1.165) is 17.3 Å². The molecule has 2 amide bonds. The molecule has 1 aromatic rings. The second-order valence-corrected chi connectivity index (χ2v) is 6.20. The van der Waals surface area contributed by atoms with Crippen molar-refractivity contribution in [3.63, 3.8) is 0 Å². The first-order valence-electron chi connectivity index (χ1n) is 7.22. The minimum Gasteiger partial charge on any atom is -0.481 e. The number of hydrogen-bond acceptors (Lipinski definition) is 5. The van der Waals surface area contributed by atoms with Crippen LogP contribution in [0.25, 0.3) is 0 Å². The number of benzene rings is 1. The Morgan fingerprint density at radius 3 is 2.71 bits per heavy atom. The largest absolute Gasteiger partial charge is 0.481 e. The molecule has 1 aliphatic heterocycles. The second kappa shape index (κ2) is 8.30. The standard InChI is InChI=1S/C16H17N3O4S/c1-2-8-19-15(23)12(10-14(21)22)24-16(19)18-17-13(20)9-11-6-4-3-5-7-11/h2-7,12H,1,8-10H2,(H,17,20)(H,21,22). The molecule has 0 saturated carbocycles. The predicted octanol–water partition coefficient (Wildman–Crippen LogP) is 1.22. The Hall–Kier alpha value is -2.61. The van der Waals surface area contributed by atoms with Crippen LogP contribution in [0, 0.1) is 0 Å². The molecule has 1 fully saturated rings. The fraction of sp³-hybridized carbons (Fsp3) is 0.250. The summed E-state index contributed by atoms with van der Waals surface area (Å²) in [5.74, 6) is -1.73. The van der Waals surface area contributed by atoms with Gasteiger partial charge in [0.15, 0.2) is 5.17 Å². The van der Waals surface area contributed by atoms with Gasteiger partial charge in [0.2, 0.25) is 11.8 Å². The predicted molar refractivity (Wildman–Crippen MR) is 91.3 cm³/mol. The third kappa shape index (κ3) is 4.69. The van der Waals surface area contributed by atoms with E-state index in [0.29, 0.717) is 0 Å². The van der Waals surface area contributed by atoms with E-state index in [1.807, 2.05) is 30.3 Å². The summed E-state index contributed by atoms with van der Waals surface area (Å²) in [5, 5.41) is 12.4. The summed E-state index contributed by atoms with van der Waals surface area (Å²) in [6.07, 6.45) is 1.38. The monoisotopic (exact) mass is 347 g/mol. The Morgan fingerprint density at radius 1 is 1.38 bits per heavy atom. The van der Waals surface area contributed by atoms with Gasteiger partial charge in [0.25, 0.3) is 0 Å². The van der Waals surface area contributed by atoms with E-state index < -0.39 is 11.2 Å². The number of carbonyl (C=O) groups is 3. The van der Waals surface area contributed by atoms with Crippen LogP contribution in [0.5, 0.6) is 0 Å². The van der Waals surface area contributed by atoms with Crippen molar-refractivity contribution in [1.29, 1.82) is 0 Å². The van der Waals surface area contributed by atoms with E-state index >= 15 is 0 Å². The van der Waals surface area contributed by atoms with Crippen molar-refractivity contribution in [2.45, 2.75) is 18.1 Å². The number of thioether (sulfide) groups is 1.